The summed E-state index contributed by atoms with van der Waals surface area (Å²) in [5.74, 6) is 0. The Kier molecular flexibility index (Phi) is 5.79. The number of carbonyl (C=O) groups is 1. The Morgan fingerprint density at radius 1 is 1.20 bits per heavy atom. The number of urea groups is 1. The van der Waals surface area contributed by atoms with Gasteiger partial charge in [0.05, 0.1) is 11.0 Å². The number of amides is 2. The van der Waals surface area contributed by atoms with E-state index in [-0.39, 0.29) is 17.8 Å². The fourth-order valence-corrected chi connectivity index (χ4v) is 3.62. The van der Waals surface area contributed by atoms with Crippen LogP contribution in [0.1, 0.15) is 51.5 Å². The summed E-state index contributed by atoms with van der Waals surface area (Å²) in [4.78, 5) is 29.3. The van der Waals surface area contributed by atoms with Crippen molar-refractivity contribution in [3.8, 4) is 0 Å². The second-order valence-electron chi connectivity index (χ2n) is 6.83. The molecule has 0 saturated carbocycles. The zero-order valence-electron chi connectivity index (χ0n) is 15.0. The number of unbranched alkanes of at least 4 members (excludes halogenated alkanes) is 3. The van der Waals surface area contributed by atoms with E-state index in [0.717, 1.165) is 36.8 Å². The Morgan fingerprint density at radius 3 is 2.72 bits per heavy atom. The number of H-pyrrole nitrogens is 1. The Hall–Kier alpha value is -2.24. The van der Waals surface area contributed by atoms with Gasteiger partial charge in [-0.05, 0) is 31.4 Å². The number of rotatable bonds is 6. The lowest BCUT2D eigenvalue weighted by atomic mass is 10.0. The number of nitrogens with one attached hydrogen (secondary N) is 2. The summed E-state index contributed by atoms with van der Waals surface area (Å²) < 4.78 is 1.86. The van der Waals surface area contributed by atoms with Gasteiger partial charge in [-0.15, -0.1) is 0 Å². The van der Waals surface area contributed by atoms with Crippen molar-refractivity contribution in [2.24, 2.45) is 0 Å². The van der Waals surface area contributed by atoms with E-state index in [1.165, 1.54) is 19.3 Å². The van der Waals surface area contributed by atoms with Crippen molar-refractivity contribution in [1.82, 2.24) is 19.8 Å². The van der Waals surface area contributed by atoms with Crippen molar-refractivity contribution in [2.45, 2.75) is 51.5 Å². The third kappa shape index (κ3) is 4.06. The number of hydrogen-bond acceptors (Lipinski definition) is 2. The number of benzene rings is 1. The van der Waals surface area contributed by atoms with E-state index in [2.05, 4.69) is 17.2 Å². The van der Waals surface area contributed by atoms with Crippen molar-refractivity contribution >= 4 is 17.1 Å². The SMILES string of the molecule is CCCCCCNC(=O)N1CCC(n2c(=O)[nH]c3ccccc32)CC1. The standard InChI is InChI=1S/C19H28N4O2/c1-2-3-4-7-12-20-18(24)22-13-10-15(11-14-22)23-17-9-6-5-8-16(17)21-19(23)25/h5-6,8-9,15H,2-4,7,10-14H2,1H3,(H,20,24)(H,21,25). The molecule has 1 saturated heterocycles. The van der Waals surface area contributed by atoms with E-state index >= 15 is 0 Å². The predicted octanol–water partition coefficient (Wildman–Crippen LogP) is 3.26. The van der Waals surface area contributed by atoms with Gasteiger partial charge in [-0.2, -0.15) is 0 Å². The maximum atomic E-state index is 12.3. The van der Waals surface area contributed by atoms with Gasteiger partial charge in [0.1, 0.15) is 0 Å². The van der Waals surface area contributed by atoms with E-state index in [1.54, 1.807) is 0 Å². The molecule has 1 aliphatic heterocycles. The monoisotopic (exact) mass is 344 g/mol. The molecule has 2 aromatic rings. The fraction of sp³-hybridized carbons (Fsp3) is 0.579. The van der Waals surface area contributed by atoms with E-state index in [1.807, 2.05) is 33.7 Å². The van der Waals surface area contributed by atoms with Gasteiger partial charge in [-0.1, -0.05) is 38.3 Å². The maximum Gasteiger partial charge on any atom is 0.326 e. The summed E-state index contributed by atoms with van der Waals surface area (Å²) in [6, 6.07) is 7.96. The summed E-state index contributed by atoms with van der Waals surface area (Å²) in [5, 5.41) is 3.01. The van der Waals surface area contributed by atoms with Crippen LogP contribution >= 0.6 is 0 Å². The van der Waals surface area contributed by atoms with Gasteiger partial charge >= 0.3 is 11.7 Å². The number of fused-ring (bicyclic) bond motifs is 1. The minimum atomic E-state index is -0.0555. The van der Waals surface area contributed by atoms with E-state index < -0.39 is 0 Å². The molecule has 0 aliphatic carbocycles. The summed E-state index contributed by atoms with van der Waals surface area (Å²) in [5.41, 5.74) is 1.77. The number of para-hydroxylation sites is 2. The third-order valence-electron chi connectivity index (χ3n) is 5.05. The maximum absolute atomic E-state index is 12.3. The first-order valence-electron chi connectivity index (χ1n) is 9.42. The van der Waals surface area contributed by atoms with Gasteiger partial charge < -0.3 is 15.2 Å². The molecule has 136 valence electrons. The average molecular weight is 344 g/mol. The first-order chi connectivity index (χ1) is 12.2. The molecule has 0 bridgehead atoms. The van der Waals surface area contributed by atoms with Gasteiger partial charge in [0.25, 0.3) is 0 Å². The lowest BCUT2D eigenvalue weighted by Crippen LogP contribution is -2.45. The van der Waals surface area contributed by atoms with Crippen molar-refractivity contribution in [1.29, 1.82) is 0 Å². The second-order valence-corrected chi connectivity index (χ2v) is 6.83. The number of piperidine rings is 1. The van der Waals surface area contributed by atoms with Crippen molar-refractivity contribution in [3.63, 3.8) is 0 Å². The van der Waals surface area contributed by atoms with Gasteiger partial charge in [0, 0.05) is 25.7 Å². The summed E-state index contributed by atoms with van der Waals surface area (Å²) in [6.45, 7) is 4.32. The van der Waals surface area contributed by atoms with Crippen LogP contribution in [-0.2, 0) is 0 Å². The highest BCUT2D eigenvalue weighted by atomic mass is 16.2. The quantitative estimate of drug-likeness (QED) is 0.790. The Labute approximate surface area is 148 Å². The number of aromatic amines is 1. The molecule has 1 aromatic carbocycles. The lowest BCUT2D eigenvalue weighted by Gasteiger charge is -2.32. The van der Waals surface area contributed by atoms with Crippen LogP contribution in [0.15, 0.2) is 29.1 Å². The molecule has 3 rings (SSSR count). The van der Waals surface area contributed by atoms with Crippen LogP contribution < -0.4 is 11.0 Å². The molecule has 1 fully saturated rings. The molecule has 0 radical (unpaired) electrons. The second kappa shape index (κ2) is 8.23. The molecule has 2 N–H and O–H groups in total. The van der Waals surface area contributed by atoms with Gasteiger partial charge in [0.2, 0.25) is 0 Å². The van der Waals surface area contributed by atoms with Gasteiger partial charge in [-0.25, -0.2) is 9.59 Å². The van der Waals surface area contributed by atoms with Crippen LogP contribution in [0.5, 0.6) is 0 Å². The number of aromatic nitrogens is 2. The van der Waals surface area contributed by atoms with Crippen LogP contribution in [0.4, 0.5) is 4.79 Å². The molecule has 2 heterocycles. The largest absolute Gasteiger partial charge is 0.338 e. The molecule has 6 heteroatoms. The molecule has 1 aromatic heterocycles. The minimum Gasteiger partial charge on any atom is -0.338 e. The van der Waals surface area contributed by atoms with E-state index in [4.69, 9.17) is 0 Å². The summed E-state index contributed by atoms with van der Waals surface area (Å²) in [7, 11) is 0. The zero-order valence-corrected chi connectivity index (χ0v) is 15.0. The third-order valence-corrected chi connectivity index (χ3v) is 5.05. The molecular formula is C19H28N4O2. The minimum absolute atomic E-state index is 0.0289. The topological polar surface area (TPSA) is 70.1 Å². The molecular weight excluding hydrogens is 316 g/mol. The molecule has 2 amide bonds. The predicted molar refractivity (Wildman–Crippen MR) is 99.9 cm³/mol. The van der Waals surface area contributed by atoms with Crippen molar-refractivity contribution in [2.75, 3.05) is 19.6 Å². The molecule has 0 unspecified atom stereocenters. The van der Waals surface area contributed by atoms with Gasteiger partial charge in [0.15, 0.2) is 0 Å². The normalized spacial score (nSPS) is 15.6. The van der Waals surface area contributed by atoms with Crippen molar-refractivity contribution < 1.29 is 4.79 Å². The Bertz CT molecular complexity index is 756. The van der Waals surface area contributed by atoms with Crippen LogP contribution in [-0.4, -0.2) is 40.1 Å². The Morgan fingerprint density at radius 2 is 1.96 bits per heavy atom. The van der Waals surface area contributed by atoms with Crippen LogP contribution in [0.2, 0.25) is 0 Å². The Balaban J connectivity index is 1.54. The van der Waals surface area contributed by atoms with E-state index in [0.29, 0.717) is 13.1 Å². The highest BCUT2D eigenvalue weighted by molar-refractivity contribution is 5.75. The molecule has 0 spiro atoms. The first kappa shape index (κ1) is 17.6. The van der Waals surface area contributed by atoms with Crippen LogP contribution in [0.25, 0.3) is 11.0 Å². The number of imidazole rings is 1. The van der Waals surface area contributed by atoms with Crippen molar-refractivity contribution in [3.05, 3.63) is 34.7 Å². The first-order valence-corrected chi connectivity index (χ1v) is 9.42. The number of likely N-dealkylation sites (tertiary alicyclic amines) is 1. The van der Waals surface area contributed by atoms with Crippen LogP contribution in [0.3, 0.4) is 0 Å². The molecule has 25 heavy (non-hydrogen) atoms. The number of hydrogen-bond donors (Lipinski definition) is 2. The smallest absolute Gasteiger partial charge is 0.326 e. The molecule has 1 aliphatic rings. The summed E-state index contributed by atoms with van der Waals surface area (Å²) in [6.07, 6.45) is 6.26. The molecule has 6 nitrogen and oxygen atoms in total. The highest BCUT2D eigenvalue weighted by Crippen LogP contribution is 2.24. The fourth-order valence-electron chi connectivity index (χ4n) is 3.62. The summed E-state index contributed by atoms with van der Waals surface area (Å²) >= 11 is 0. The zero-order chi connectivity index (χ0) is 17.6. The van der Waals surface area contributed by atoms with Gasteiger partial charge in [-0.3, -0.25) is 4.57 Å². The number of carbonyl (C=O) groups excluding carboxylic acids is 1. The highest BCUT2D eigenvalue weighted by Gasteiger charge is 2.25. The van der Waals surface area contributed by atoms with E-state index in [9.17, 15) is 9.59 Å². The molecule has 0 atom stereocenters. The number of nitrogens with zero attached hydrogens (tertiary/aromatic N) is 2. The van der Waals surface area contributed by atoms with Crippen LogP contribution in [0, 0.1) is 0 Å². The average Bonchev–Trinajstić information content (AvgIpc) is 2.97. The lowest BCUT2D eigenvalue weighted by molar-refractivity contribution is 0.171.